The molecule has 6 heteroatoms. The fourth-order valence-corrected chi connectivity index (χ4v) is 4.35. The zero-order chi connectivity index (χ0) is 21.8. The van der Waals surface area contributed by atoms with Crippen molar-refractivity contribution in [2.24, 2.45) is 0 Å². The number of hydrogen-bond donors (Lipinski definition) is 1. The largest absolute Gasteiger partial charge is 0.316 e. The maximum Gasteiger partial charge on any atom is 0.133 e. The Kier molecular flexibility index (Phi) is 6.03. The van der Waals surface area contributed by atoms with Crippen LogP contribution in [0.5, 0.6) is 0 Å². The standard InChI is InChI=1S/C26H28N6/c1-2-32-18-23(26(31-32)22-6-4-13-28-17-22)24-11-14-29-25(30-24)15-19-7-9-20(10-8-19)21-5-3-12-27-16-21/h4,6-11,13-14,17-18,21,27H,2-3,5,12,15-16H2,1H3. The first-order chi connectivity index (χ1) is 15.8. The molecular weight excluding hydrogens is 396 g/mol. The summed E-state index contributed by atoms with van der Waals surface area (Å²) in [5.41, 5.74) is 6.43. The summed E-state index contributed by atoms with van der Waals surface area (Å²) < 4.78 is 1.94. The minimum Gasteiger partial charge on any atom is -0.316 e. The molecular formula is C26H28N6. The molecule has 1 fully saturated rings. The van der Waals surface area contributed by atoms with Crippen LogP contribution < -0.4 is 5.32 Å². The molecule has 1 aliphatic heterocycles. The van der Waals surface area contributed by atoms with Gasteiger partial charge in [0, 0.05) is 55.4 Å². The third kappa shape index (κ3) is 4.46. The molecule has 5 rings (SSSR count). The molecule has 162 valence electrons. The molecule has 1 aliphatic rings. The SMILES string of the molecule is CCn1cc(-c2ccnc(Cc3ccc(C4CCCNC4)cc3)n2)c(-c2cccnc2)n1. The lowest BCUT2D eigenvalue weighted by molar-refractivity contribution is 0.461. The number of pyridine rings is 1. The quantitative estimate of drug-likeness (QED) is 0.494. The Bertz CT molecular complexity index is 1160. The second-order valence-corrected chi connectivity index (χ2v) is 8.31. The summed E-state index contributed by atoms with van der Waals surface area (Å²) in [5, 5.41) is 8.26. The molecule has 32 heavy (non-hydrogen) atoms. The number of nitrogens with one attached hydrogen (secondary N) is 1. The maximum atomic E-state index is 4.89. The molecule has 0 aliphatic carbocycles. The van der Waals surface area contributed by atoms with Gasteiger partial charge in [0.1, 0.15) is 11.5 Å². The van der Waals surface area contributed by atoms with E-state index in [4.69, 9.17) is 10.1 Å². The summed E-state index contributed by atoms with van der Waals surface area (Å²) in [6.45, 7) is 5.10. The van der Waals surface area contributed by atoms with Gasteiger partial charge >= 0.3 is 0 Å². The van der Waals surface area contributed by atoms with E-state index in [1.54, 1.807) is 6.20 Å². The number of nitrogens with zero attached hydrogens (tertiary/aromatic N) is 5. The maximum absolute atomic E-state index is 4.89. The lowest BCUT2D eigenvalue weighted by atomic mass is 9.91. The van der Waals surface area contributed by atoms with Crippen molar-refractivity contribution in [2.75, 3.05) is 13.1 Å². The van der Waals surface area contributed by atoms with Crippen LogP contribution in [0.15, 0.2) is 67.3 Å². The van der Waals surface area contributed by atoms with Crippen molar-refractivity contribution < 1.29 is 0 Å². The second kappa shape index (κ2) is 9.40. The van der Waals surface area contributed by atoms with Crippen molar-refractivity contribution in [2.45, 2.75) is 38.6 Å². The lowest BCUT2D eigenvalue weighted by Crippen LogP contribution is -2.28. The van der Waals surface area contributed by atoms with Crippen LogP contribution in [0.3, 0.4) is 0 Å². The first-order valence-electron chi connectivity index (χ1n) is 11.4. The van der Waals surface area contributed by atoms with E-state index in [1.165, 1.54) is 24.0 Å². The van der Waals surface area contributed by atoms with Crippen molar-refractivity contribution in [1.82, 2.24) is 30.0 Å². The lowest BCUT2D eigenvalue weighted by Gasteiger charge is -2.23. The van der Waals surface area contributed by atoms with E-state index in [1.807, 2.05) is 35.3 Å². The Hall–Kier alpha value is -3.38. The van der Waals surface area contributed by atoms with E-state index < -0.39 is 0 Å². The summed E-state index contributed by atoms with van der Waals surface area (Å²) >= 11 is 0. The van der Waals surface area contributed by atoms with Crippen LogP contribution in [-0.4, -0.2) is 37.8 Å². The Morgan fingerprint density at radius 3 is 2.75 bits per heavy atom. The number of piperidine rings is 1. The predicted molar refractivity (Wildman–Crippen MR) is 126 cm³/mol. The third-order valence-electron chi connectivity index (χ3n) is 6.11. The number of hydrogen-bond acceptors (Lipinski definition) is 5. The van der Waals surface area contributed by atoms with E-state index in [-0.39, 0.29) is 0 Å². The summed E-state index contributed by atoms with van der Waals surface area (Å²) in [6, 6.07) is 14.9. The molecule has 0 saturated carbocycles. The van der Waals surface area contributed by atoms with Gasteiger partial charge in [-0.05, 0) is 61.6 Å². The summed E-state index contributed by atoms with van der Waals surface area (Å²) in [4.78, 5) is 13.7. The van der Waals surface area contributed by atoms with Gasteiger partial charge in [-0.15, -0.1) is 0 Å². The van der Waals surface area contributed by atoms with Gasteiger partial charge in [-0.2, -0.15) is 5.10 Å². The molecule has 0 radical (unpaired) electrons. The number of rotatable bonds is 6. The van der Waals surface area contributed by atoms with Gasteiger partial charge in [-0.25, -0.2) is 9.97 Å². The van der Waals surface area contributed by atoms with Crippen molar-refractivity contribution in [1.29, 1.82) is 0 Å². The Labute approximate surface area is 188 Å². The molecule has 1 saturated heterocycles. The van der Waals surface area contributed by atoms with Gasteiger partial charge in [-0.3, -0.25) is 9.67 Å². The van der Waals surface area contributed by atoms with Crippen molar-refractivity contribution in [3.63, 3.8) is 0 Å². The minimum absolute atomic E-state index is 0.623. The molecule has 6 nitrogen and oxygen atoms in total. The van der Waals surface area contributed by atoms with E-state index in [0.717, 1.165) is 48.0 Å². The molecule has 0 spiro atoms. The highest BCUT2D eigenvalue weighted by atomic mass is 15.3. The summed E-state index contributed by atoms with van der Waals surface area (Å²) in [5.74, 6) is 1.44. The molecule has 4 heterocycles. The number of benzene rings is 1. The topological polar surface area (TPSA) is 68.5 Å². The van der Waals surface area contributed by atoms with Crippen molar-refractivity contribution >= 4 is 0 Å². The van der Waals surface area contributed by atoms with E-state index in [0.29, 0.717) is 12.3 Å². The fraction of sp³-hybridized carbons (Fsp3) is 0.308. The minimum atomic E-state index is 0.623. The monoisotopic (exact) mass is 424 g/mol. The third-order valence-corrected chi connectivity index (χ3v) is 6.11. The Morgan fingerprint density at radius 1 is 1.09 bits per heavy atom. The van der Waals surface area contributed by atoms with Crippen LogP contribution in [-0.2, 0) is 13.0 Å². The van der Waals surface area contributed by atoms with Gasteiger partial charge < -0.3 is 5.32 Å². The van der Waals surface area contributed by atoms with Crippen LogP contribution in [0, 0.1) is 0 Å². The molecule has 3 aromatic heterocycles. The molecule has 1 atom stereocenters. The Balaban J connectivity index is 1.39. The zero-order valence-corrected chi connectivity index (χ0v) is 18.4. The Morgan fingerprint density at radius 2 is 2.00 bits per heavy atom. The normalized spacial score (nSPS) is 16.2. The summed E-state index contributed by atoms with van der Waals surface area (Å²) in [7, 11) is 0. The van der Waals surface area contributed by atoms with Crippen molar-refractivity contribution in [3.05, 3.63) is 84.2 Å². The van der Waals surface area contributed by atoms with Crippen LogP contribution in [0.25, 0.3) is 22.5 Å². The number of aromatic nitrogens is 5. The van der Waals surface area contributed by atoms with E-state index >= 15 is 0 Å². The van der Waals surface area contributed by atoms with Crippen LogP contribution in [0.4, 0.5) is 0 Å². The first-order valence-corrected chi connectivity index (χ1v) is 11.4. The predicted octanol–water partition coefficient (Wildman–Crippen LogP) is 4.48. The highest BCUT2D eigenvalue weighted by Crippen LogP contribution is 2.29. The van der Waals surface area contributed by atoms with Gasteiger partial charge in [0.15, 0.2) is 0 Å². The first kappa shape index (κ1) is 20.5. The van der Waals surface area contributed by atoms with Crippen LogP contribution in [0.1, 0.15) is 42.6 Å². The van der Waals surface area contributed by atoms with Crippen LogP contribution in [0.2, 0.25) is 0 Å². The van der Waals surface area contributed by atoms with E-state index in [2.05, 4.69) is 52.7 Å². The zero-order valence-electron chi connectivity index (χ0n) is 18.4. The average molecular weight is 425 g/mol. The molecule has 1 N–H and O–H groups in total. The van der Waals surface area contributed by atoms with Gasteiger partial charge in [0.05, 0.1) is 5.69 Å². The van der Waals surface area contributed by atoms with Crippen molar-refractivity contribution in [3.8, 4) is 22.5 Å². The smallest absolute Gasteiger partial charge is 0.133 e. The molecule has 0 bridgehead atoms. The number of aryl methyl sites for hydroxylation is 1. The molecule has 0 amide bonds. The molecule has 1 aromatic carbocycles. The fourth-order valence-electron chi connectivity index (χ4n) is 4.35. The van der Waals surface area contributed by atoms with Gasteiger partial charge in [0.2, 0.25) is 0 Å². The second-order valence-electron chi connectivity index (χ2n) is 8.31. The van der Waals surface area contributed by atoms with Gasteiger partial charge in [0.25, 0.3) is 0 Å². The summed E-state index contributed by atoms with van der Waals surface area (Å²) in [6.07, 6.45) is 10.7. The highest BCUT2D eigenvalue weighted by Gasteiger charge is 2.16. The highest BCUT2D eigenvalue weighted by molar-refractivity contribution is 5.78. The molecule has 1 unspecified atom stereocenters. The molecule has 4 aromatic rings. The van der Waals surface area contributed by atoms with Gasteiger partial charge in [-0.1, -0.05) is 24.3 Å². The van der Waals surface area contributed by atoms with E-state index in [9.17, 15) is 0 Å². The average Bonchev–Trinajstić information content (AvgIpc) is 3.31. The van der Waals surface area contributed by atoms with Crippen LogP contribution >= 0.6 is 0 Å².